The molecule has 9 nitrogen and oxygen atoms in total. The van der Waals surface area contributed by atoms with Crippen molar-refractivity contribution in [1.82, 2.24) is 19.2 Å². The maximum atomic E-state index is 13.1. The molecule has 0 radical (unpaired) electrons. The zero-order chi connectivity index (χ0) is 17.3. The van der Waals surface area contributed by atoms with E-state index in [2.05, 4.69) is 10.3 Å². The lowest BCUT2D eigenvalue weighted by Crippen LogP contribution is -2.49. The van der Waals surface area contributed by atoms with Crippen LogP contribution in [-0.2, 0) is 17.1 Å². The fourth-order valence-corrected chi connectivity index (χ4v) is 4.59. The smallest absolute Gasteiger partial charge is 0.289 e. The largest absolute Gasteiger partial charge is 0.337 e. The van der Waals surface area contributed by atoms with Crippen molar-refractivity contribution < 1.29 is 13.3 Å². The van der Waals surface area contributed by atoms with E-state index >= 15 is 0 Å². The van der Waals surface area contributed by atoms with Crippen LogP contribution < -0.4 is 5.32 Å². The second-order valence-electron chi connectivity index (χ2n) is 5.46. The number of piperazine rings is 1. The lowest BCUT2D eigenvalue weighted by Gasteiger charge is -2.34. The number of sulfonamides is 1. The van der Waals surface area contributed by atoms with Crippen molar-refractivity contribution in [2.75, 3.05) is 19.6 Å². The molecule has 2 aromatic rings. The highest BCUT2D eigenvalue weighted by molar-refractivity contribution is 7.89. The third-order valence-electron chi connectivity index (χ3n) is 4.00. The highest BCUT2D eigenvalue weighted by atomic mass is 32.2. The summed E-state index contributed by atoms with van der Waals surface area (Å²) < 4.78 is 29.2. The molecule has 0 aliphatic carbocycles. The van der Waals surface area contributed by atoms with E-state index in [9.17, 15) is 18.5 Å². The highest BCUT2D eigenvalue weighted by Gasteiger charge is 2.39. The van der Waals surface area contributed by atoms with Crippen molar-refractivity contribution >= 4 is 15.7 Å². The Morgan fingerprint density at radius 1 is 1.38 bits per heavy atom. The molecule has 1 saturated heterocycles. The molecule has 128 valence electrons. The Morgan fingerprint density at radius 3 is 2.79 bits per heavy atom. The summed E-state index contributed by atoms with van der Waals surface area (Å²) in [4.78, 5) is 14.5. The number of nitrogens with one attached hydrogen (secondary N) is 1. The first-order valence-corrected chi connectivity index (χ1v) is 8.80. The first-order chi connectivity index (χ1) is 11.4. The third kappa shape index (κ3) is 2.79. The van der Waals surface area contributed by atoms with Gasteiger partial charge in [-0.3, -0.25) is 10.1 Å². The molecule has 0 saturated carbocycles. The van der Waals surface area contributed by atoms with E-state index in [0.717, 1.165) is 0 Å². The minimum absolute atomic E-state index is 0.214. The summed E-state index contributed by atoms with van der Waals surface area (Å²) in [6.45, 7) is 1.08. The average molecular weight is 351 g/mol. The van der Waals surface area contributed by atoms with Gasteiger partial charge >= 0.3 is 0 Å². The van der Waals surface area contributed by atoms with Crippen LogP contribution in [0, 0.1) is 10.1 Å². The van der Waals surface area contributed by atoms with Gasteiger partial charge in [-0.25, -0.2) is 13.4 Å². The van der Waals surface area contributed by atoms with Gasteiger partial charge in [-0.05, 0) is 6.07 Å². The summed E-state index contributed by atoms with van der Waals surface area (Å²) in [7, 11) is -2.25. The van der Waals surface area contributed by atoms with Gasteiger partial charge in [0.05, 0.1) is 11.0 Å². The average Bonchev–Trinajstić information content (AvgIpc) is 3.00. The first kappa shape index (κ1) is 16.6. The van der Waals surface area contributed by atoms with Crippen LogP contribution in [-0.4, -0.2) is 46.8 Å². The first-order valence-electron chi connectivity index (χ1n) is 7.36. The number of imidazole rings is 1. The fourth-order valence-electron chi connectivity index (χ4n) is 2.84. The predicted molar refractivity (Wildman–Crippen MR) is 85.8 cm³/mol. The van der Waals surface area contributed by atoms with E-state index in [1.807, 2.05) is 0 Å². The summed E-state index contributed by atoms with van der Waals surface area (Å²) in [5.41, 5.74) is -0.422. The number of aromatic nitrogens is 2. The van der Waals surface area contributed by atoms with Crippen molar-refractivity contribution in [1.29, 1.82) is 0 Å². The third-order valence-corrected chi connectivity index (χ3v) is 5.95. The monoisotopic (exact) mass is 351 g/mol. The molecule has 0 spiro atoms. The van der Waals surface area contributed by atoms with E-state index < -0.39 is 26.7 Å². The number of aryl methyl sites for hydroxylation is 1. The number of hydrogen-bond donors (Lipinski definition) is 1. The van der Waals surface area contributed by atoms with Gasteiger partial charge in [-0.1, -0.05) is 12.1 Å². The van der Waals surface area contributed by atoms with Crippen LogP contribution in [0.25, 0.3) is 0 Å². The number of nitro groups is 1. The molecular formula is C14H17N5O4S. The molecule has 1 aliphatic rings. The zero-order valence-corrected chi connectivity index (χ0v) is 13.8. The molecule has 1 unspecified atom stereocenters. The lowest BCUT2D eigenvalue weighted by molar-refractivity contribution is -0.387. The van der Waals surface area contributed by atoms with Crippen LogP contribution in [0.5, 0.6) is 0 Å². The minimum atomic E-state index is -4.03. The van der Waals surface area contributed by atoms with E-state index in [4.69, 9.17) is 0 Å². The van der Waals surface area contributed by atoms with Gasteiger partial charge in [0.2, 0.25) is 0 Å². The van der Waals surface area contributed by atoms with Gasteiger partial charge in [-0.15, -0.1) is 0 Å². The summed E-state index contributed by atoms with van der Waals surface area (Å²) >= 11 is 0. The van der Waals surface area contributed by atoms with Crippen molar-refractivity contribution in [2.24, 2.45) is 7.05 Å². The molecule has 1 aromatic carbocycles. The molecular weight excluding hydrogens is 334 g/mol. The van der Waals surface area contributed by atoms with Crippen LogP contribution in [0.1, 0.15) is 11.9 Å². The van der Waals surface area contributed by atoms with Gasteiger partial charge in [0.1, 0.15) is 5.82 Å². The topological polar surface area (TPSA) is 110 Å². The molecule has 1 N–H and O–H groups in total. The van der Waals surface area contributed by atoms with Crippen molar-refractivity contribution in [3.8, 4) is 0 Å². The highest BCUT2D eigenvalue weighted by Crippen LogP contribution is 2.32. The van der Waals surface area contributed by atoms with Crippen LogP contribution >= 0.6 is 0 Å². The summed E-state index contributed by atoms with van der Waals surface area (Å²) in [6, 6.07) is 4.88. The van der Waals surface area contributed by atoms with E-state index in [1.165, 1.54) is 28.6 Å². The van der Waals surface area contributed by atoms with Gasteiger partial charge in [0, 0.05) is 45.1 Å². The molecule has 1 aromatic heterocycles. The van der Waals surface area contributed by atoms with Crippen LogP contribution in [0.2, 0.25) is 0 Å². The predicted octanol–water partition coefficient (Wildman–Crippen LogP) is 0.664. The number of nitro benzene ring substituents is 1. The standard InChI is InChI=1S/C14H17N5O4S/c1-17-8-7-16-14(17)12-10-15-6-9-18(12)24(22,23)13-5-3-2-4-11(13)19(20)21/h2-5,7-8,12,15H,6,9-10H2,1H3. The van der Waals surface area contributed by atoms with E-state index in [-0.39, 0.29) is 11.4 Å². The van der Waals surface area contributed by atoms with Gasteiger partial charge < -0.3 is 9.88 Å². The maximum absolute atomic E-state index is 13.1. The van der Waals surface area contributed by atoms with Crippen molar-refractivity contribution in [3.63, 3.8) is 0 Å². The number of hydrogen-bond acceptors (Lipinski definition) is 6. The Balaban J connectivity index is 2.08. The zero-order valence-electron chi connectivity index (χ0n) is 13.0. The van der Waals surface area contributed by atoms with Crippen molar-refractivity contribution in [2.45, 2.75) is 10.9 Å². The maximum Gasteiger partial charge on any atom is 0.289 e. The number of nitrogens with zero attached hydrogens (tertiary/aromatic N) is 4. The van der Waals surface area contributed by atoms with Crippen LogP contribution in [0.3, 0.4) is 0 Å². The van der Waals surface area contributed by atoms with E-state index in [0.29, 0.717) is 18.9 Å². The molecule has 24 heavy (non-hydrogen) atoms. The van der Waals surface area contributed by atoms with Gasteiger partial charge in [0.15, 0.2) is 4.90 Å². The Bertz CT molecular complexity index is 864. The fraction of sp³-hybridized carbons (Fsp3) is 0.357. The molecule has 3 rings (SSSR count). The van der Waals surface area contributed by atoms with E-state index in [1.54, 1.807) is 24.0 Å². The summed E-state index contributed by atoms with van der Waals surface area (Å²) in [6.07, 6.45) is 3.33. The Kier molecular flexibility index (Phi) is 4.35. The number of para-hydroxylation sites is 1. The van der Waals surface area contributed by atoms with Crippen LogP contribution in [0.4, 0.5) is 5.69 Å². The summed E-state index contributed by atoms with van der Waals surface area (Å²) in [5, 5.41) is 14.4. The summed E-state index contributed by atoms with van der Waals surface area (Å²) in [5.74, 6) is 0.587. The molecule has 0 amide bonds. The number of rotatable bonds is 4. The van der Waals surface area contributed by atoms with Gasteiger partial charge in [0.25, 0.3) is 15.7 Å². The Morgan fingerprint density at radius 2 is 2.12 bits per heavy atom. The lowest BCUT2D eigenvalue weighted by atomic mass is 10.2. The Labute approximate surface area is 139 Å². The quantitative estimate of drug-likeness (QED) is 0.640. The molecule has 1 fully saturated rings. The Hall–Kier alpha value is -2.30. The molecule has 10 heteroatoms. The van der Waals surface area contributed by atoms with Crippen molar-refractivity contribution in [3.05, 3.63) is 52.6 Å². The molecule has 2 heterocycles. The molecule has 1 atom stereocenters. The molecule has 1 aliphatic heterocycles. The normalized spacial score (nSPS) is 19.3. The minimum Gasteiger partial charge on any atom is -0.337 e. The van der Waals surface area contributed by atoms with Crippen LogP contribution in [0.15, 0.2) is 41.6 Å². The number of benzene rings is 1. The van der Waals surface area contributed by atoms with Gasteiger partial charge in [-0.2, -0.15) is 4.31 Å². The second kappa shape index (κ2) is 6.30. The SMILES string of the molecule is Cn1ccnc1C1CNCCN1S(=O)(=O)c1ccccc1[N+](=O)[O-]. The molecule has 0 bridgehead atoms. The second-order valence-corrected chi connectivity index (χ2v) is 7.32.